The molecule has 1 aromatic carbocycles. The molecular weight excluding hydrogens is 522 g/mol. The molecule has 3 heterocycles. The summed E-state index contributed by atoms with van der Waals surface area (Å²) >= 11 is 0. The Kier molecular flexibility index (Phi) is 7.59. The van der Waals surface area contributed by atoms with Gasteiger partial charge in [-0.1, -0.05) is 24.6 Å². The minimum Gasteiger partial charge on any atom is -0.384 e. The Morgan fingerprint density at radius 2 is 1.79 bits per heavy atom. The number of aromatic nitrogens is 3. The number of para-hydroxylation sites is 1. The lowest BCUT2D eigenvalue weighted by molar-refractivity contribution is -0.131. The summed E-state index contributed by atoms with van der Waals surface area (Å²) in [6.07, 6.45) is 5.03. The van der Waals surface area contributed by atoms with Crippen LogP contribution in [0.25, 0.3) is 16.7 Å². The first kappa shape index (κ1) is 27.1. The molecule has 5 rings (SSSR count). The van der Waals surface area contributed by atoms with Crippen LogP contribution >= 0.6 is 0 Å². The van der Waals surface area contributed by atoms with Crippen molar-refractivity contribution in [3.05, 3.63) is 47.8 Å². The SMILES string of the molecule is COCC1CCN(c2cc(C(=O)N(C)S(=O)(=O)OC(C)=O)nc3c2c(C2CCC2)nn3-c2ccccc2)CC1. The molecule has 0 N–H and O–H groups in total. The Balaban J connectivity index is 1.67. The Morgan fingerprint density at radius 3 is 2.38 bits per heavy atom. The molecule has 3 aromatic rings. The minimum atomic E-state index is -4.63. The summed E-state index contributed by atoms with van der Waals surface area (Å²) in [6.45, 7) is 3.17. The number of carbonyl (C=O) groups excluding carboxylic acids is 2. The van der Waals surface area contributed by atoms with Crippen molar-refractivity contribution in [1.29, 1.82) is 0 Å². The highest BCUT2D eigenvalue weighted by Gasteiger charge is 2.34. The van der Waals surface area contributed by atoms with Crippen LogP contribution in [0.2, 0.25) is 0 Å². The number of piperidine rings is 1. The van der Waals surface area contributed by atoms with Crippen LogP contribution < -0.4 is 4.90 Å². The first-order valence-corrected chi connectivity index (χ1v) is 14.5. The smallest absolute Gasteiger partial charge is 0.384 e. The fourth-order valence-corrected chi connectivity index (χ4v) is 5.95. The molecule has 1 aliphatic heterocycles. The van der Waals surface area contributed by atoms with Crippen molar-refractivity contribution in [2.24, 2.45) is 5.92 Å². The third-order valence-corrected chi connectivity index (χ3v) is 8.84. The van der Waals surface area contributed by atoms with Crippen LogP contribution in [0.5, 0.6) is 0 Å². The molecule has 2 aromatic heterocycles. The second kappa shape index (κ2) is 10.9. The van der Waals surface area contributed by atoms with Gasteiger partial charge in [-0.3, -0.25) is 9.59 Å². The summed E-state index contributed by atoms with van der Waals surface area (Å²) in [7, 11) is -1.87. The topological polar surface area (TPSA) is 124 Å². The monoisotopic (exact) mass is 555 g/mol. The Labute approximate surface area is 227 Å². The fraction of sp³-hybridized carbons (Fsp3) is 0.481. The molecule has 0 spiro atoms. The van der Waals surface area contributed by atoms with E-state index in [1.807, 2.05) is 30.3 Å². The van der Waals surface area contributed by atoms with Gasteiger partial charge in [0.05, 0.1) is 22.5 Å². The van der Waals surface area contributed by atoms with Crippen molar-refractivity contribution in [2.45, 2.75) is 44.9 Å². The van der Waals surface area contributed by atoms with Gasteiger partial charge in [0.1, 0.15) is 5.69 Å². The third kappa shape index (κ3) is 5.35. The van der Waals surface area contributed by atoms with Gasteiger partial charge in [0.15, 0.2) is 5.65 Å². The van der Waals surface area contributed by atoms with E-state index in [-0.39, 0.29) is 11.6 Å². The third-order valence-electron chi connectivity index (χ3n) is 7.56. The average molecular weight is 556 g/mol. The zero-order valence-electron chi connectivity index (χ0n) is 22.4. The van der Waals surface area contributed by atoms with E-state index in [1.54, 1.807) is 17.9 Å². The number of nitrogens with zero attached hydrogens (tertiary/aromatic N) is 5. The second-order valence-electron chi connectivity index (χ2n) is 10.2. The van der Waals surface area contributed by atoms with Crippen molar-refractivity contribution in [2.75, 3.05) is 38.8 Å². The van der Waals surface area contributed by atoms with E-state index in [2.05, 4.69) is 14.1 Å². The maximum absolute atomic E-state index is 13.5. The van der Waals surface area contributed by atoms with E-state index in [4.69, 9.17) is 9.84 Å². The number of pyridine rings is 1. The summed E-state index contributed by atoms with van der Waals surface area (Å²) in [5.74, 6) is -1.20. The van der Waals surface area contributed by atoms with E-state index in [1.165, 1.54) is 0 Å². The minimum absolute atomic E-state index is 0.0769. The van der Waals surface area contributed by atoms with Gasteiger partial charge in [-0.25, -0.2) is 14.0 Å². The van der Waals surface area contributed by atoms with E-state index in [9.17, 15) is 18.0 Å². The standard InChI is InChI=1S/C27H33N5O6S/c1-18(33)38-39(35,36)30(2)27(34)22-16-23(31-14-12-19(13-15-31)17-37-3)24-25(20-8-7-9-20)29-32(26(24)28-22)21-10-5-4-6-11-21/h4-6,10-11,16,19-20H,7-9,12-15,17H2,1-3H3. The number of carbonyl (C=O) groups is 2. The summed E-state index contributed by atoms with van der Waals surface area (Å²) in [4.78, 5) is 31.7. The highest BCUT2D eigenvalue weighted by molar-refractivity contribution is 7.85. The van der Waals surface area contributed by atoms with Crippen LogP contribution in [0.3, 0.4) is 0 Å². The number of ether oxygens (including phenoxy) is 1. The van der Waals surface area contributed by atoms with Gasteiger partial charge in [-0.2, -0.15) is 13.5 Å². The maximum atomic E-state index is 13.5. The van der Waals surface area contributed by atoms with Gasteiger partial charge < -0.3 is 13.8 Å². The molecule has 2 fully saturated rings. The zero-order valence-corrected chi connectivity index (χ0v) is 23.2. The lowest BCUT2D eigenvalue weighted by Crippen LogP contribution is -2.37. The van der Waals surface area contributed by atoms with Crippen LogP contribution in [0.15, 0.2) is 36.4 Å². The molecule has 0 bridgehead atoms. The largest absolute Gasteiger partial charge is 0.414 e. The Hall–Kier alpha value is -3.51. The predicted octanol–water partition coefficient (Wildman–Crippen LogP) is 3.43. The molecule has 1 saturated heterocycles. The van der Waals surface area contributed by atoms with Crippen LogP contribution in [0.4, 0.5) is 5.69 Å². The molecule has 12 heteroatoms. The number of hydrogen-bond acceptors (Lipinski definition) is 9. The van der Waals surface area contributed by atoms with Crippen molar-refractivity contribution in [3.8, 4) is 5.69 Å². The van der Waals surface area contributed by atoms with E-state index < -0.39 is 22.2 Å². The van der Waals surface area contributed by atoms with Crippen LogP contribution in [-0.4, -0.2) is 73.2 Å². The lowest BCUT2D eigenvalue weighted by atomic mass is 9.82. The Bertz CT molecular complexity index is 1480. The van der Waals surface area contributed by atoms with E-state index in [0.717, 1.165) is 81.6 Å². The molecule has 0 atom stereocenters. The first-order valence-electron chi connectivity index (χ1n) is 13.2. The van der Waals surface area contributed by atoms with Gasteiger partial charge in [0.25, 0.3) is 5.91 Å². The molecule has 39 heavy (non-hydrogen) atoms. The van der Waals surface area contributed by atoms with Crippen molar-refractivity contribution in [1.82, 2.24) is 19.1 Å². The molecule has 2 aliphatic rings. The Morgan fingerprint density at radius 1 is 1.10 bits per heavy atom. The van der Waals surface area contributed by atoms with Gasteiger partial charge in [-0.05, 0) is 49.8 Å². The van der Waals surface area contributed by atoms with Crippen LogP contribution in [0.1, 0.15) is 61.1 Å². The molecular formula is C27H33N5O6S. The van der Waals surface area contributed by atoms with Crippen LogP contribution in [0, 0.1) is 5.92 Å². The first-order chi connectivity index (χ1) is 18.7. The highest BCUT2D eigenvalue weighted by Crippen LogP contribution is 2.43. The summed E-state index contributed by atoms with van der Waals surface area (Å²) in [5.41, 5.74) is 2.95. The number of hydrogen-bond donors (Lipinski definition) is 0. The van der Waals surface area contributed by atoms with Crippen molar-refractivity contribution < 1.29 is 26.9 Å². The molecule has 0 unspecified atom stereocenters. The average Bonchev–Trinajstić information content (AvgIpc) is 3.25. The van der Waals surface area contributed by atoms with Crippen molar-refractivity contribution >= 4 is 38.9 Å². The summed E-state index contributed by atoms with van der Waals surface area (Å²) in [6, 6.07) is 11.2. The van der Waals surface area contributed by atoms with Gasteiger partial charge >= 0.3 is 16.3 Å². The number of anilines is 1. The number of methoxy groups -OCH3 is 1. The van der Waals surface area contributed by atoms with E-state index >= 15 is 0 Å². The van der Waals surface area contributed by atoms with Crippen LogP contribution in [-0.2, 0) is 24.0 Å². The zero-order chi connectivity index (χ0) is 27.7. The molecule has 0 radical (unpaired) electrons. The maximum Gasteiger partial charge on any atom is 0.414 e. The molecule has 1 saturated carbocycles. The lowest BCUT2D eigenvalue weighted by Gasteiger charge is -2.34. The number of rotatable bonds is 8. The van der Waals surface area contributed by atoms with E-state index in [0.29, 0.717) is 22.5 Å². The van der Waals surface area contributed by atoms with Gasteiger partial charge in [0.2, 0.25) is 0 Å². The molecule has 1 amide bonds. The highest BCUT2D eigenvalue weighted by atomic mass is 32.2. The molecule has 1 aliphatic carbocycles. The normalized spacial score (nSPS) is 16.7. The molecule has 11 nitrogen and oxygen atoms in total. The summed E-state index contributed by atoms with van der Waals surface area (Å²) in [5, 5.41) is 5.89. The summed E-state index contributed by atoms with van der Waals surface area (Å²) < 4.78 is 37.0. The number of amides is 1. The van der Waals surface area contributed by atoms with Gasteiger partial charge in [0, 0.05) is 46.7 Å². The quantitative estimate of drug-likeness (QED) is 0.411. The number of fused-ring (bicyclic) bond motifs is 1. The number of benzene rings is 1. The predicted molar refractivity (Wildman–Crippen MR) is 145 cm³/mol. The fourth-order valence-electron chi connectivity index (χ4n) is 5.24. The van der Waals surface area contributed by atoms with Gasteiger partial charge in [-0.15, -0.1) is 0 Å². The molecule has 208 valence electrons. The second-order valence-corrected chi connectivity index (χ2v) is 11.7. The van der Waals surface area contributed by atoms with Crippen molar-refractivity contribution in [3.63, 3.8) is 0 Å².